The normalized spacial score (nSPS) is 11.8. The van der Waals surface area contributed by atoms with Crippen LogP contribution in [0.25, 0.3) is 0 Å². The lowest BCUT2D eigenvalue weighted by molar-refractivity contribution is -0.137. The Morgan fingerprint density at radius 1 is 0.906 bits per heavy atom. The molecule has 3 aromatic carbocycles. The molecule has 0 bridgehead atoms. The van der Waals surface area contributed by atoms with Crippen LogP contribution in [0.15, 0.2) is 77.7 Å². The van der Waals surface area contributed by atoms with E-state index in [4.69, 9.17) is 0 Å². The number of sulfonamides is 1. The summed E-state index contributed by atoms with van der Waals surface area (Å²) in [6, 6.07) is 16.9. The number of benzene rings is 3. The molecule has 0 aliphatic rings. The molecule has 0 fully saturated rings. The van der Waals surface area contributed by atoms with Gasteiger partial charge in [0.2, 0.25) is 5.91 Å². The summed E-state index contributed by atoms with van der Waals surface area (Å²) >= 11 is 0. The van der Waals surface area contributed by atoms with Crippen molar-refractivity contribution < 1.29 is 26.4 Å². The third-order valence-electron chi connectivity index (χ3n) is 4.78. The molecular weight excluding hydrogens is 441 g/mol. The van der Waals surface area contributed by atoms with E-state index in [9.17, 15) is 26.4 Å². The molecule has 1 N–H and O–H groups in total. The van der Waals surface area contributed by atoms with Gasteiger partial charge in [-0.05, 0) is 61.9 Å². The van der Waals surface area contributed by atoms with Crippen molar-refractivity contribution >= 4 is 27.3 Å². The van der Waals surface area contributed by atoms with Crippen molar-refractivity contribution in [2.45, 2.75) is 24.9 Å². The van der Waals surface area contributed by atoms with Crippen LogP contribution in [-0.4, -0.2) is 20.9 Å². The highest BCUT2D eigenvalue weighted by atomic mass is 32.2. The molecule has 3 rings (SSSR count). The van der Waals surface area contributed by atoms with E-state index >= 15 is 0 Å². The van der Waals surface area contributed by atoms with Crippen molar-refractivity contribution in [3.8, 4) is 0 Å². The third-order valence-corrected chi connectivity index (χ3v) is 6.55. The van der Waals surface area contributed by atoms with E-state index in [1.54, 1.807) is 43.3 Å². The number of amides is 1. The molecule has 0 heterocycles. The number of aryl methyl sites for hydroxylation is 2. The molecule has 0 saturated heterocycles. The Labute approximate surface area is 184 Å². The van der Waals surface area contributed by atoms with Crippen molar-refractivity contribution in [3.63, 3.8) is 0 Å². The van der Waals surface area contributed by atoms with Crippen LogP contribution in [-0.2, 0) is 21.0 Å². The van der Waals surface area contributed by atoms with Crippen LogP contribution in [0.1, 0.15) is 16.7 Å². The number of hydrogen-bond donors (Lipinski definition) is 1. The Kier molecular flexibility index (Phi) is 6.59. The van der Waals surface area contributed by atoms with E-state index < -0.39 is 34.2 Å². The Bertz CT molecular complexity index is 1210. The largest absolute Gasteiger partial charge is 0.416 e. The number of nitrogens with one attached hydrogen (secondary N) is 1. The minimum absolute atomic E-state index is 0.0219. The lowest BCUT2D eigenvalue weighted by atomic mass is 10.2. The van der Waals surface area contributed by atoms with Gasteiger partial charge in [0, 0.05) is 5.69 Å². The Morgan fingerprint density at radius 3 is 2.06 bits per heavy atom. The first kappa shape index (κ1) is 23.3. The molecule has 0 radical (unpaired) electrons. The highest BCUT2D eigenvalue weighted by molar-refractivity contribution is 7.92. The average molecular weight is 462 g/mol. The van der Waals surface area contributed by atoms with Crippen LogP contribution in [0.5, 0.6) is 0 Å². The van der Waals surface area contributed by atoms with Crippen molar-refractivity contribution in [1.29, 1.82) is 0 Å². The summed E-state index contributed by atoms with van der Waals surface area (Å²) in [7, 11) is -4.08. The number of anilines is 2. The van der Waals surface area contributed by atoms with Gasteiger partial charge in [0.25, 0.3) is 10.0 Å². The van der Waals surface area contributed by atoms with E-state index in [2.05, 4.69) is 5.32 Å². The first-order chi connectivity index (χ1) is 15.0. The third kappa shape index (κ3) is 5.28. The second-order valence-electron chi connectivity index (χ2n) is 7.23. The molecule has 3 aromatic rings. The molecule has 1 amide bonds. The highest BCUT2D eigenvalue weighted by Gasteiger charge is 2.30. The minimum atomic E-state index is -4.49. The molecule has 0 aliphatic heterocycles. The quantitative estimate of drug-likeness (QED) is 0.551. The molecular formula is C23H21F3N2O3S. The van der Waals surface area contributed by atoms with Crippen LogP contribution in [0.2, 0.25) is 0 Å². The van der Waals surface area contributed by atoms with Crippen LogP contribution in [0.4, 0.5) is 24.5 Å². The summed E-state index contributed by atoms with van der Waals surface area (Å²) < 4.78 is 65.9. The van der Waals surface area contributed by atoms with Gasteiger partial charge in [0.05, 0.1) is 16.1 Å². The van der Waals surface area contributed by atoms with Gasteiger partial charge >= 0.3 is 6.18 Å². The Balaban J connectivity index is 1.90. The molecule has 0 saturated carbocycles. The molecule has 9 heteroatoms. The SMILES string of the molecule is Cc1ccc(S(=O)(=O)N(CC(=O)Nc2ccc(C(F)(F)F)cc2)c2ccccc2C)cc1. The summed E-state index contributed by atoms with van der Waals surface area (Å²) in [6.45, 7) is 3.00. The van der Waals surface area contributed by atoms with Crippen LogP contribution < -0.4 is 9.62 Å². The fraction of sp³-hybridized carbons (Fsp3) is 0.174. The van der Waals surface area contributed by atoms with Crippen LogP contribution in [0, 0.1) is 13.8 Å². The molecule has 5 nitrogen and oxygen atoms in total. The van der Waals surface area contributed by atoms with E-state index in [1.807, 2.05) is 6.92 Å². The monoisotopic (exact) mass is 462 g/mol. The molecule has 32 heavy (non-hydrogen) atoms. The number of halogens is 3. The first-order valence-corrected chi connectivity index (χ1v) is 11.0. The number of nitrogens with zero attached hydrogens (tertiary/aromatic N) is 1. The maximum Gasteiger partial charge on any atom is 0.416 e. The average Bonchev–Trinajstić information content (AvgIpc) is 2.72. The summed E-state index contributed by atoms with van der Waals surface area (Å²) in [5.74, 6) is -0.691. The molecule has 0 aliphatic carbocycles. The fourth-order valence-electron chi connectivity index (χ4n) is 3.05. The Hall–Kier alpha value is -3.33. The predicted molar refractivity (Wildman–Crippen MR) is 117 cm³/mol. The zero-order valence-corrected chi connectivity index (χ0v) is 18.2. The van der Waals surface area contributed by atoms with Gasteiger partial charge in [-0.1, -0.05) is 35.9 Å². The summed E-state index contributed by atoms with van der Waals surface area (Å²) in [6.07, 6.45) is -4.49. The van der Waals surface area contributed by atoms with E-state index in [1.165, 1.54) is 12.1 Å². The maximum atomic E-state index is 13.4. The van der Waals surface area contributed by atoms with Gasteiger partial charge < -0.3 is 5.32 Å². The zero-order valence-electron chi connectivity index (χ0n) is 17.3. The lowest BCUT2D eigenvalue weighted by Crippen LogP contribution is -2.38. The van der Waals surface area contributed by atoms with Gasteiger partial charge in [-0.15, -0.1) is 0 Å². The molecule has 0 atom stereocenters. The second-order valence-corrected chi connectivity index (χ2v) is 9.10. The molecule has 0 spiro atoms. The minimum Gasteiger partial charge on any atom is -0.325 e. The topological polar surface area (TPSA) is 66.5 Å². The smallest absolute Gasteiger partial charge is 0.325 e. The Morgan fingerprint density at radius 2 is 1.50 bits per heavy atom. The highest BCUT2D eigenvalue weighted by Crippen LogP contribution is 2.30. The molecule has 168 valence electrons. The number of alkyl halides is 3. The van der Waals surface area contributed by atoms with Crippen molar-refractivity contribution in [2.24, 2.45) is 0 Å². The standard InChI is InChI=1S/C23H21F3N2O3S/c1-16-7-13-20(14-8-16)32(30,31)28(21-6-4-3-5-17(21)2)15-22(29)27-19-11-9-18(10-12-19)23(24,25)26/h3-14H,15H2,1-2H3,(H,27,29). The second kappa shape index (κ2) is 9.04. The summed E-state index contributed by atoms with van der Waals surface area (Å²) in [5.41, 5.74) is 1.13. The van der Waals surface area contributed by atoms with Gasteiger partial charge in [-0.2, -0.15) is 13.2 Å². The predicted octanol–water partition coefficient (Wildman–Crippen LogP) is 5.16. The van der Waals surface area contributed by atoms with Crippen LogP contribution >= 0.6 is 0 Å². The number of hydrogen-bond acceptors (Lipinski definition) is 3. The van der Waals surface area contributed by atoms with E-state index in [0.717, 1.165) is 34.1 Å². The number of carbonyl (C=O) groups is 1. The van der Waals surface area contributed by atoms with Gasteiger partial charge in [0.1, 0.15) is 6.54 Å². The number of rotatable bonds is 6. The van der Waals surface area contributed by atoms with Gasteiger partial charge in [-0.25, -0.2) is 8.42 Å². The zero-order chi connectivity index (χ0) is 23.5. The maximum absolute atomic E-state index is 13.4. The molecule has 0 aromatic heterocycles. The molecule has 0 unspecified atom stereocenters. The lowest BCUT2D eigenvalue weighted by Gasteiger charge is -2.25. The van der Waals surface area contributed by atoms with Crippen molar-refractivity contribution in [3.05, 3.63) is 89.5 Å². The van der Waals surface area contributed by atoms with E-state index in [-0.39, 0.29) is 10.6 Å². The van der Waals surface area contributed by atoms with Gasteiger partial charge in [0.15, 0.2) is 0 Å². The van der Waals surface area contributed by atoms with Gasteiger partial charge in [-0.3, -0.25) is 9.10 Å². The van der Waals surface area contributed by atoms with Crippen molar-refractivity contribution in [2.75, 3.05) is 16.2 Å². The first-order valence-electron chi connectivity index (χ1n) is 9.60. The van der Waals surface area contributed by atoms with Crippen LogP contribution in [0.3, 0.4) is 0 Å². The summed E-state index contributed by atoms with van der Waals surface area (Å²) in [4.78, 5) is 12.7. The summed E-state index contributed by atoms with van der Waals surface area (Å²) in [5, 5.41) is 2.46. The number of para-hydroxylation sites is 1. The number of carbonyl (C=O) groups excluding carboxylic acids is 1. The van der Waals surface area contributed by atoms with E-state index in [0.29, 0.717) is 11.3 Å². The fourth-order valence-corrected chi connectivity index (χ4v) is 4.54. The van der Waals surface area contributed by atoms with Crippen molar-refractivity contribution in [1.82, 2.24) is 0 Å².